The third-order valence-electron chi connectivity index (χ3n) is 5.37. The van der Waals surface area contributed by atoms with Crippen LogP contribution in [0.25, 0.3) is 0 Å². The van der Waals surface area contributed by atoms with Gasteiger partial charge in [-0.3, -0.25) is 14.5 Å². The SMILES string of the molecule is CCN1CC(=O)N(C(C)(C)CCCCOCCCCC(C)(C)CC(=O)O)C1=O. The zero-order valence-electron chi connectivity index (χ0n) is 18.3. The van der Waals surface area contributed by atoms with Crippen molar-refractivity contribution in [3.8, 4) is 0 Å². The summed E-state index contributed by atoms with van der Waals surface area (Å²) in [5.74, 6) is -0.858. The molecule has 1 saturated heterocycles. The van der Waals surface area contributed by atoms with E-state index >= 15 is 0 Å². The van der Waals surface area contributed by atoms with Gasteiger partial charge in [-0.1, -0.05) is 20.3 Å². The Morgan fingerprint density at radius 3 is 2.11 bits per heavy atom. The van der Waals surface area contributed by atoms with Gasteiger partial charge >= 0.3 is 12.0 Å². The standard InChI is InChI=1S/C21H38N2O5/c1-6-22-16-17(24)23(19(22)27)21(4,5)12-8-10-14-28-13-9-7-11-20(2,3)15-18(25)26/h6-16H2,1-5H3,(H,25,26). The van der Waals surface area contributed by atoms with Crippen molar-refractivity contribution in [3.05, 3.63) is 0 Å². The third kappa shape index (κ3) is 7.78. The van der Waals surface area contributed by atoms with Gasteiger partial charge in [0, 0.05) is 25.3 Å². The maximum atomic E-state index is 12.3. The number of carbonyl (C=O) groups excluding carboxylic acids is 2. The molecule has 1 fully saturated rings. The van der Waals surface area contributed by atoms with Crippen LogP contribution in [0, 0.1) is 5.41 Å². The number of urea groups is 1. The molecule has 1 aliphatic heterocycles. The molecule has 7 heteroatoms. The summed E-state index contributed by atoms with van der Waals surface area (Å²) in [6.07, 6.45) is 5.50. The van der Waals surface area contributed by atoms with E-state index in [0.29, 0.717) is 19.8 Å². The summed E-state index contributed by atoms with van der Waals surface area (Å²) in [5.41, 5.74) is -0.650. The molecule has 0 radical (unpaired) electrons. The van der Waals surface area contributed by atoms with Crippen molar-refractivity contribution in [1.82, 2.24) is 9.80 Å². The predicted molar refractivity (Wildman–Crippen MR) is 108 cm³/mol. The third-order valence-corrected chi connectivity index (χ3v) is 5.37. The van der Waals surface area contributed by atoms with E-state index in [0.717, 1.165) is 38.5 Å². The second kappa shape index (κ2) is 10.8. The Bertz CT molecular complexity index is 545. The van der Waals surface area contributed by atoms with Gasteiger partial charge in [0.15, 0.2) is 0 Å². The van der Waals surface area contributed by atoms with E-state index in [4.69, 9.17) is 9.84 Å². The maximum absolute atomic E-state index is 12.3. The maximum Gasteiger partial charge on any atom is 0.327 e. The number of imide groups is 1. The summed E-state index contributed by atoms with van der Waals surface area (Å²) in [6.45, 7) is 11.8. The van der Waals surface area contributed by atoms with Gasteiger partial charge in [-0.2, -0.15) is 0 Å². The molecular weight excluding hydrogens is 360 g/mol. The van der Waals surface area contributed by atoms with Gasteiger partial charge in [0.2, 0.25) is 0 Å². The van der Waals surface area contributed by atoms with Crippen LogP contribution in [-0.4, -0.2) is 64.7 Å². The number of amides is 3. The molecule has 0 aromatic heterocycles. The van der Waals surface area contributed by atoms with Crippen molar-refractivity contribution >= 4 is 17.9 Å². The smallest absolute Gasteiger partial charge is 0.327 e. The summed E-state index contributed by atoms with van der Waals surface area (Å²) in [4.78, 5) is 38.3. The average molecular weight is 399 g/mol. The Morgan fingerprint density at radius 1 is 1.04 bits per heavy atom. The number of hydrogen-bond donors (Lipinski definition) is 1. The van der Waals surface area contributed by atoms with E-state index in [9.17, 15) is 14.4 Å². The lowest BCUT2D eigenvalue weighted by atomic mass is 9.84. The average Bonchev–Trinajstić information content (AvgIpc) is 2.86. The minimum absolute atomic E-state index is 0.112. The zero-order valence-corrected chi connectivity index (χ0v) is 18.3. The molecule has 0 saturated carbocycles. The number of nitrogens with zero attached hydrogens (tertiary/aromatic N) is 2. The normalized spacial score (nSPS) is 15.6. The summed E-state index contributed by atoms with van der Waals surface area (Å²) in [6, 6.07) is -0.181. The first-order valence-corrected chi connectivity index (χ1v) is 10.4. The predicted octanol–water partition coefficient (Wildman–Crippen LogP) is 3.91. The number of hydrogen-bond acceptors (Lipinski definition) is 4. The number of carboxylic acids is 1. The summed E-state index contributed by atoms with van der Waals surface area (Å²) < 4.78 is 5.67. The second-order valence-electron chi connectivity index (χ2n) is 9.10. The van der Waals surface area contributed by atoms with E-state index < -0.39 is 11.5 Å². The molecule has 0 aliphatic carbocycles. The van der Waals surface area contributed by atoms with Crippen LogP contribution in [0.2, 0.25) is 0 Å². The Morgan fingerprint density at radius 2 is 1.61 bits per heavy atom. The first-order chi connectivity index (χ1) is 13.0. The van der Waals surface area contributed by atoms with E-state index in [1.165, 1.54) is 4.90 Å². The Labute approximate surface area is 169 Å². The molecule has 1 aliphatic rings. The van der Waals surface area contributed by atoms with Crippen LogP contribution in [0.1, 0.15) is 79.6 Å². The fourth-order valence-electron chi connectivity index (χ4n) is 3.67. The molecule has 0 bridgehead atoms. The van der Waals surface area contributed by atoms with E-state index in [2.05, 4.69) is 0 Å². The molecule has 0 unspecified atom stereocenters. The van der Waals surface area contributed by atoms with Crippen LogP contribution in [-0.2, 0) is 14.3 Å². The fourth-order valence-corrected chi connectivity index (χ4v) is 3.67. The molecule has 0 aromatic carbocycles. The largest absolute Gasteiger partial charge is 0.481 e. The Hall–Kier alpha value is -1.63. The van der Waals surface area contributed by atoms with E-state index in [1.54, 1.807) is 4.90 Å². The van der Waals surface area contributed by atoms with Crippen molar-refractivity contribution in [2.24, 2.45) is 5.41 Å². The highest BCUT2D eigenvalue weighted by Crippen LogP contribution is 2.28. The van der Waals surface area contributed by atoms with Crippen LogP contribution >= 0.6 is 0 Å². The molecule has 0 spiro atoms. The summed E-state index contributed by atoms with van der Waals surface area (Å²) in [5, 5.41) is 8.89. The topological polar surface area (TPSA) is 87.2 Å². The van der Waals surface area contributed by atoms with Gasteiger partial charge < -0.3 is 14.7 Å². The highest BCUT2D eigenvalue weighted by molar-refractivity contribution is 6.02. The first-order valence-electron chi connectivity index (χ1n) is 10.4. The number of rotatable bonds is 14. The molecule has 1 heterocycles. The number of unbranched alkanes of at least 4 members (excludes halogenated alkanes) is 2. The van der Waals surface area contributed by atoms with Crippen molar-refractivity contribution in [3.63, 3.8) is 0 Å². The number of likely N-dealkylation sites (N-methyl/N-ethyl adjacent to an activating group) is 1. The van der Waals surface area contributed by atoms with Gasteiger partial charge in [0.05, 0.1) is 6.42 Å². The Balaban J connectivity index is 2.16. The molecule has 7 nitrogen and oxygen atoms in total. The van der Waals surface area contributed by atoms with Gasteiger partial charge in [0.25, 0.3) is 5.91 Å². The van der Waals surface area contributed by atoms with Crippen LogP contribution in [0.5, 0.6) is 0 Å². The molecule has 0 aromatic rings. The lowest BCUT2D eigenvalue weighted by Gasteiger charge is -2.33. The van der Waals surface area contributed by atoms with Crippen LogP contribution in [0.4, 0.5) is 4.79 Å². The van der Waals surface area contributed by atoms with Crippen molar-refractivity contribution in [1.29, 1.82) is 0 Å². The fraction of sp³-hybridized carbons (Fsp3) is 0.857. The molecule has 1 rings (SSSR count). The van der Waals surface area contributed by atoms with E-state index in [1.807, 2.05) is 34.6 Å². The zero-order chi connectivity index (χ0) is 21.4. The molecular formula is C21H38N2O5. The van der Waals surface area contributed by atoms with Gasteiger partial charge in [-0.25, -0.2) is 4.79 Å². The van der Waals surface area contributed by atoms with Crippen molar-refractivity contribution in [2.75, 3.05) is 26.3 Å². The lowest BCUT2D eigenvalue weighted by molar-refractivity contribution is -0.139. The van der Waals surface area contributed by atoms with Crippen LogP contribution in [0.15, 0.2) is 0 Å². The van der Waals surface area contributed by atoms with E-state index in [-0.39, 0.29) is 30.3 Å². The Kier molecular flexibility index (Phi) is 9.40. The van der Waals surface area contributed by atoms with Crippen LogP contribution < -0.4 is 0 Å². The summed E-state index contributed by atoms with van der Waals surface area (Å²) in [7, 11) is 0. The minimum Gasteiger partial charge on any atom is -0.481 e. The molecule has 28 heavy (non-hydrogen) atoms. The minimum atomic E-state index is -0.746. The second-order valence-corrected chi connectivity index (χ2v) is 9.10. The monoisotopic (exact) mass is 398 g/mol. The van der Waals surface area contributed by atoms with Gasteiger partial charge in [-0.05, 0) is 58.3 Å². The number of ether oxygens (including phenoxy) is 1. The highest BCUT2D eigenvalue weighted by Gasteiger charge is 2.43. The number of aliphatic carboxylic acids is 1. The molecule has 0 atom stereocenters. The molecule has 3 amide bonds. The lowest BCUT2D eigenvalue weighted by Crippen LogP contribution is -2.48. The number of carboxylic acid groups (broad SMARTS) is 1. The molecule has 162 valence electrons. The van der Waals surface area contributed by atoms with Crippen molar-refractivity contribution < 1.29 is 24.2 Å². The quantitative estimate of drug-likeness (QED) is 0.354. The highest BCUT2D eigenvalue weighted by atomic mass is 16.5. The van der Waals surface area contributed by atoms with Gasteiger partial charge in [0.1, 0.15) is 6.54 Å². The van der Waals surface area contributed by atoms with Crippen LogP contribution in [0.3, 0.4) is 0 Å². The molecule has 1 N–H and O–H groups in total. The van der Waals surface area contributed by atoms with Gasteiger partial charge in [-0.15, -0.1) is 0 Å². The summed E-state index contributed by atoms with van der Waals surface area (Å²) >= 11 is 0. The number of carbonyl (C=O) groups is 3. The van der Waals surface area contributed by atoms with Crippen molar-refractivity contribution in [2.45, 2.75) is 85.1 Å². The first kappa shape index (κ1) is 24.4.